The second-order valence-electron chi connectivity index (χ2n) is 3.91. The lowest BCUT2D eigenvalue weighted by molar-refractivity contribution is -0.384. The van der Waals surface area contributed by atoms with Gasteiger partial charge in [-0.1, -0.05) is 13.3 Å². The standard InChI is InChI=1S/C12H11NO5/c1-2-3-7-6-10(15)18-12-8(7)4-5-9(14)11(12)13(16)17/h4-6,14H,2-3H2,1H3. The summed E-state index contributed by atoms with van der Waals surface area (Å²) in [6.07, 6.45) is 1.41. The molecule has 1 aromatic heterocycles. The van der Waals surface area contributed by atoms with Crippen molar-refractivity contribution in [3.05, 3.63) is 44.3 Å². The molecule has 0 aliphatic carbocycles. The number of hydrogen-bond donors (Lipinski definition) is 1. The largest absolute Gasteiger partial charge is 0.502 e. The average molecular weight is 249 g/mol. The fourth-order valence-electron chi connectivity index (χ4n) is 1.92. The zero-order valence-electron chi connectivity index (χ0n) is 9.67. The van der Waals surface area contributed by atoms with Crippen LogP contribution in [0.15, 0.2) is 27.4 Å². The first-order valence-corrected chi connectivity index (χ1v) is 5.47. The molecule has 0 radical (unpaired) electrons. The van der Waals surface area contributed by atoms with Crippen LogP contribution in [-0.4, -0.2) is 10.0 Å². The van der Waals surface area contributed by atoms with Gasteiger partial charge < -0.3 is 9.52 Å². The molecule has 0 unspecified atom stereocenters. The number of nitrogens with zero attached hydrogens (tertiary/aromatic N) is 1. The van der Waals surface area contributed by atoms with Crippen LogP contribution in [0.4, 0.5) is 5.69 Å². The molecule has 0 amide bonds. The van der Waals surface area contributed by atoms with E-state index in [2.05, 4.69) is 0 Å². The van der Waals surface area contributed by atoms with Crippen LogP contribution >= 0.6 is 0 Å². The van der Waals surface area contributed by atoms with Crippen molar-refractivity contribution in [3.8, 4) is 5.75 Å². The minimum Gasteiger partial charge on any atom is -0.502 e. The monoisotopic (exact) mass is 249 g/mol. The zero-order chi connectivity index (χ0) is 13.3. The molecule has 0 saturated heterocycles. The highest BCUT2D eigenvalue weighted by Gasteiger charge is 2.22. The highest BCUT2D eigenvalue weighted by Crippen LogP contribution is 2.34. The number of nitro groups is 1. The van der Waals surface area contributed by atoms with Crippen molar-refractivity contribution in [2.24, 2.45) is 0 Å². The minimum absolute atomic E-state index is 0.170. The fourth-order valence-corrected chi connectivity index (χ4v) is 1.92. The first-order valence-electron chi connectivity index (χ1n) is 5.47. The van der Waals surface area contributed by atoms with E-state index in [1.807, 2.05) is 6.92 Å². The molecule has 0 saturated carbocycles. The Balaban J connectivity index is 2.89. The second-order valence-corrected chi connectivity index (χ2v) is 3.91. The lowest BCUT2D eigenvalue weighted by Crippen LogP contribution is -2.02. The summed E-state index contributed by atoms with van der Waals surface area (Å²) < 4.78 is 4.86. The molecule has 94 valence electrons. The van der Waals surface area contributed by atoms with E-state index in [4.69, 9.17) is 4.42 Å². The van der Waals surface area contributed by atoms with E-state index in [-0.39, 0.29) is 5.58 Å². The predicted molar refractivity (Wildman–Crippen MR) is 64.8 cm³/mol. The van der Waals surface area contributed by atoms with E-state index in [1.165, 1.54) is 18.2 Å². The van der Waals surface area contributed by atoms with Crippen molar-refractivity contribution in [1.82, 2.24) is 0 Å². The Morgan fingerprint density at radius 3 is 2.78 bits per heavy atom. The minimum atomic E-state index is -0.754. The van der Waals surface area contributed by atoms with Gasteiger partial charge in [0, 0.05) is 11.5 Å². The molecule has 6 nitrogen and oxygen atoms in total. The molecule has 1 aromatic carbocycles. The molecular weight excluding hydrogens is 238 g/mol. The summed E-state index contributed by atoms with van der Waals surface area (Å²) in [6, 6.07) is 4.08. The molecule has 0 bridgehead atoms. The maximum absolute atomic E-state index is 11.4. The quantitative estimate of drug-likeness (QED) is 0.512. The smallest absolute Gasteiger partial charge is 0.353 e. The maximum atomic E-state index is 11.4. The third-order valence-corrected chi connectivity index (χ3v) is 2.65. The first-order chi connectivity index (χ1) is 8.54. The van der Waals surface area contributed by atoms with Gasteiger partial charge >= 0.3 is 11.3 Å². The van der Waals surface area contributed by atoms with E-state index in [0.717, 1.165) is 6.42 Å². The molecule has 0 fully saturated rings. The summed E-state index contributed by atoms with van der Waals surface area (Å²) in [5.74, 6) is -0.510. The first kappa shape index (κ1) is 12.1. The zero-order valence-corrected chi connectivity index (χ0v) is 9.67. The highest BCUT2D eigenvalue weighted by molar-refractivity contribution is 5.90. The molecule has 0 aliphatic heterocycles. The molecule has 0 atom stereocenters. The van der Waals surface area contributed by atoms with Crippen molar-refractivity contribution in [3.63, 3.8) is 0 Å². The molecule has 1 heterocycles. The summed E-state index contributed by atoms with van der Waals surface area (Å²) in [5, 5.41) is 20.9. The number of benzene rings is 1. The van der Waals surface area contributed by atoms with Crippen LogP contribution < -0.4 is 5.63 Å². The number of fused-ring (bicyclic) bond motifs is 1. The van der Waals surface area contributed by atoms with E-state index >= 15 is 0 Å². The second kappa shape index (κ2) is 4.48. The van der Waals surface area contributed by atoms with Crippen molar-refractivity contribution < 1.29 is 14.4 Å². The number of rotatable bonds is 3. The van der Waals surface area contributed by atoms with Crippen molar-refractivity contribution >= 4 is 16.7 Å². The van der Waals surface area contributed by atoms with E-state index in [0.29, 0.717) is 17.4 Å². The predicted octanol–water partition coefficient (Wildman–Crippen LogP) is 2.36. The molecule has 2 aromatic rings. The Morgan fingerprint density at radius 2 is 2.17 bits per heavy atom. The Kier molecular flexibility index (Phi) is 3.01. The van der Waals surface area contributed by atoms with Crippen LogP contribution in [0.5, 0.6) is 5.75 Å². The van der Waals surface area contributed by atoms with Crippen LogP contribution in [0.1, 0.15) is 18.9 Å². The third kappa shape index (κ3) is 1.92. The Labute approximate surface area is 102 Å². The van der Waals surface area contributed by atoms with E-state index in [1.54, 1.807) is 0 Å². The van der Waals surface area contributed by atoms with Crippen LogP contribution in [-0.2, 0) is 6.42 Å². The van der Waals surface area contributed by atoms with E-state index < -0.39 is 22.0 Å². The topological polar surface area (TPSA) is 93.6 Å². The van der Waals surface area contributed by atoms with Gasteiger partial charge in [-0.25, -0.2) is 4.79 Å². The normalized spacial score (nSPS) is 10.7. The Bertz CT molecular complexity index is 674. The molecule has 18 heavy (non-hydrogen) atoms. The highest BCUT2D eigenvalue weighted by atomic mass is 16.6. The van der Waals surface area contributed by atoms with Crippen LogP contribution in [0.25, 0.3) is 11.0 Å². The summed E-state index contributed by atoms with van der Waals surface area (Å²) in [4.78, 5) is 21.5. The Hall–Kier alpha value is -2.37. The lowest BCUT2D eigenvalue weighted by atomic mass is 10.0. The number of aryl methyl sites for hydroxylation is 1. The molecule has 6 heteroatoms. The molecule has 0 aliphatic rings. The number of phenolic OH excluding ortho intramolecular Hbond substituents is 1. The van der Waals surface area contributed by atoms with Gasteiger partial charge in [0.25, 0.3) is 0 Å². The number of aromatic hydroxyl groups is 1. The number of phenols is 1. The molecule has 0 spiro atoms. The summed E-state index contributed by atoms with van der Waals surface area (Å²) in [7, 11) is 0. The van der Waals surface area contributed by atoms with Gasteiger partial charge in [-0.3, -0.25) is 10.1 Å². The Morgan fingerprint density at radius 1 is 1.44 bits per heavy atom. The molecule has 1 N–H and O–H groups in total. The van der Waals surface area contributed by atoms with Gasteiger partial charge in [0.1, 0.15) is 0 Å². The average Bonchev–Trinajstić information content (AvgIpc) is 2.27. The van der Waals surface area contributed by atoms with Gasteiger partial charge in [-0.05, 0) is 24.1 Å². The summed E-state index contributed by atoms with van der Waals surface area (Å²) in [5.41, 5.74) is -0.704. The third-order valence-electron chi connectivity index (χ3n) is 2.65. The van der Waals surface area contributed by atoms with Crippen LogP contribution in [0.2, 0.25) is 0 Å². The van der Waals surface area contributed by atoms with Gasteiger partial charge in [-0.15, -0.1) is 0 Å². The maximum Gasteiger partial charge on any atom is 0.353 e. The summed E-state index contributed by atoms with van der Waals surface area (Å²) in [6.45, 7) is 1.94. The van der Waals surface area contributed by atoms with Gasteiger partial charge in [-0.2, -0.15) is 0 Å². The van der Waals surface area contributed by atoms with Crippen molar-refractivity contribution in [1.29, 1.82) is 0 Å². The SMILES string of the molecule is CCCc1cc(=O)oc2c([N+](=O)[O-])c(O)ccc12. The van der Waals surface area contributed by atoms with Crippen molar-refractivity contribution in [2.75, 3.05) is 0 Å². The lowest BCUT2D eigenvalue weighted by Gasteiger charge is -2.05. The van der Waals surface area contributed by atoms with Gasteiger partial charge in [0.05, 0.1) is 4.92 Å². The van der Waals surface area contributed by atoms with Crippen molar-refractivity contribution in [2.45, 2.75) is 19.8 Å². The number of hydrogen-bond acceptors (Lipinski definition) is 5. The summed E-state index contributed by atoms with van der Waals surface area (Å²) >= 11 is 0. The molecular formula is C12H11NO5. The van der Waals surface area contributed by atoms with E-state index in [9.17, 15) is 20.0 Å². The van der Waals surface area contributed by atoms with Gasteiger partial charge in [0.2, 0.25) is 5.58 Å². The molecule has 2 rings (SSSR count). The van der Waals surface area contributed by atoms with Crippen LogP contribution in [0, 0.1) is 10.1 Å². The van der Waals surface area contributed by atoms with Gasteiger partial charge in [0.15, 0.2) is 5.75 Å². The van der Waals surface area contributed by atoms with Crippen LogP contribution in [0.3, 0.4) is 0 Å². The number of nitro benzene ring substituents is 1. The fraction of sp³-hybridized carbons (Fsp3) is 0.250.